The Morgan fingerprint density at radius 2 is 0.833 bits per heavy atom. The van der Waals surface area contributed by atoms with Crippen LogP contribution >= 0.6 is 0 Å². The van der Waals surface area contributed by atoms with E-state index in [1.807, 2.05) is 115 Å². The van der Waals surface area contributed by atoms with Crippen LogP contribution in [0, 0.1) is 0 Å². The van der Waals surface area contributed by atoms with Gasteiger partial charge in [0.25, 0.3) is 0 Å². The van der Waals surface area contributed by atoms with E-state index in [0.29, 0.717) is 11.4 Å². The van der Waals surface area contributed by atoms with Crippen molar-refractivity contribution in [2.24, 2.45) is 0 Å². The number of benzene rings is 11. The fourth-order valence-electron chi connectivity index (χ4n) is 9.61. The van der Waals surface area contributed by atoms with Gasteiger partial charge >= 0.3 is 0 Å². The van der Waals surface area contributed by atoms with Crippen molar-refractivity contribution >= 4 is 27.8 Å². The standard InChI is InChI=1S/C65H45N/c1-4-16-46(17-5-1)47-30-32-48(33-31-47)49-34-38-56(39-35-49)66(57-40-36-50(37-41-57)52-20-14-21-53(44-52)60-28-15-19-51-18-10-11-26-59(51)60)58-42-43-62-61-27-12-13-29-63(61)65(64(62)45-58,54-22-6-2-7-23-54)55-24-8-3-9-25-55/h1-45H/i1D,4D,5D,16D,17D,30D,31D,32D,33D,34D,35D,38D,39D. The summed E-state index contributed by atoms with van der Waals surface area (Å²) in [5.74, 6) is 0. The fourth-order valence-corrected chi connectivity index (χ4v) is 9.61. The summed E-state index contributed by atoms with van der Waals surface area (Å²) >= 11 is 0. The number of rotatable bonds is 9. The average molecular weight is 853 g/mol. The molecule has 0 bridgehead atoms. The summed E-state index contributed by atoms with van der Waals surface area (Å²) in [5, 5.41) is 2.26. The van der Waals surface area contributed by atoms with Crippen molar-refractivity contribution in [1.29, 1.82) is 0 Å². The van der Waals surface area contributed by atoms with Gasteiger partial charge in [0, 0.05) is 17.1 Å². The third-order valence-corrected chi connectivity index (χ3v) is 12.6. The molecule has 0 radical (unpaired) electrons. The van der Waals surface area contributed by atoms with E-state index in [-0.39, 0.29) is 5.69 Å². The molecule has 0 aromatic heterocycles. The molecule has 0 atom stereocenters. The molecule has 0 amide bonds. The molecule has 0 spiro atoms. The molecule has 12 rings (SSSR count). The van der Waals surface area contributed by atoms with E-state index in [9.17, 15) is 8.22 Å². The van der Waals surface area contributed by atoms with E-state index in [1.165, 1.54) is 0 Å². The Morgan fingerprint density at radius 1 is 0.303 bits per heavy atom. The van der Waals surface area contributed by atoms with Crippen LogP contribution in [0.3, 0.4) is 0 Å². The molecule has 1 aliphatic rings. The van der Waals surface area contributed by atoms with Crippen molar-refractivity contribution in [3.63, 3.8) is 0 Å². The Morgan fingerprint density at radius 3 is 1.55 bits per heavy atom. The predicted octanol–water partition coefficient (Wildman–Crippen LogP) is 17.3. The Balaban J connectivity index is 1.07. The second-order valence-corrected chi connectivity index (χ2v) is 16.2. The summed E-state index contributed by atoms with van der Waals surface area (Å²) in [4.78, 5) is 1.70. The lowest BCUT2D eigenvalue weighted by Crippen LogP contribution is -2.28. The van der Waals surface area contributed by atoms with E-state index in [1.54, 1.807) is 4.90 Å². The molecule has 0 fully saturated rings. The van der Waals surface area contributed by atoms with Crippen LogP contribution in [0.5, 0.6) is 0 Å². The van der Waals surface area contributed by atoms with Gasteiger partial charge in [-0.15, -0.1) is 0 Å². The Hall–Kier alpha value is -8.52. The summed E-state index contributed by atoms with van der Waals surface area (Å²) in [6, 6.07) is 56.2. The second-order valence-electron chi connectivity index (χ2n) is 16.2. The average Bonchev–Trinajstić information content (AvgIpc) is 3.70. The lowest BCUT2D eigenvalue weighted by Gasteiger charge is -2.35. The van der Waals surface area contributed by atoms with Crippen LogP contribution in [0.15, 0.2) is 273 Å². The summed E-state index contributed by atoms with van der Waals surface area (Å²) in [6.07, 6.45) is 0. The lowest BCUT2D eigenvalue weighted by atomic mass is 9.67. The molecule has 0 saturated heterocycles. The first kappa shape index (κ1) is 27.6. The van der Waals surface area contributed by atoms with Gasteiger partial charge in [-0.05, 0) is 131 Å². The monoisotopic (exact) mass is 852 g/mol. The molecule has 0 saturated carbocycles. The zero-order valence-electron chi connectivity index (χ0n) is 48.4. The molecule has 1 aliphatic carbocycles. The zero-order valence-corrected chi connectivity index (χ0v) is 35.4. The summed E-state index contributed by atoms with van der Waals surface area (Å²) in [6.45, 7) is 0. The van der Waals surface area contributed by atoms with Crippen LogP contribution in [0.2, 0.25) is 0 Å². The molecular formula is C65H45N. The van der Waals surface area contributed by atoms with Gasteiger partial charge in [-0.25, -0.2) is 0 Å². The smallest absolute Gasteiger partial charge is 0.0714 e. The minimum atomic E-state index is -0.841. The minimum absolute atomic E-state index is 0.143. The first-order chi connectivity index (χ1) is 38.1. The third-order valence-electron chi connectivity index (χ3n) is 12.6. The van der Waals surface area contributed by atoms with E-state index in [2.05, 4.69) is 78.9 Å². The van der Waals surface area contributed by atoms with Gasteiger partial charge in [0.2, 0.25) is 0 Å². The number of anilines is 3. The van der Waals surface area contributed by atoms with E-state index >= 15 is 0 Å². The summed E-state index contributed by atoms with van der Waals surface area (Å²) in [7, 11) is 0. The van der Waals surface area contributed by atoms with Crippen molar-refractivity contribution in [2.45, 2.75) is 5.41 Å². The first-order valence-corrected chi connectivity index (χ1v) is 21.8. The highest BCUT2D eigenvalue weighted by Crippen LogP contribution is 2.57. The molecule has 0 heterocycles. The van der Waals surface area contributed by atoms with Gasteiger partial charge in [0.15, 0.2) is 0 Å². The summed E-state index contributed by atoms with van der Waals surface area (Å²) in [5.41, 5.74) is 7.85. The molecule has 0 unspecified atom stereocenters. The Labute approximate surface area is 405 Å². The predicted molar refractivity (Wildman–Crippen MR) is 278 cm³/mol. The summed E-state index contributed by atoms with van der Waals surface area (Å²) < 4.78 is 118. The molecule has 11 aromatic carbocycles. The SMILES string of the molecule is [2H]c1c([2H])c([2H])c(-c2c([2H])c([2H])c(-c3c([2H])c([2H])c(N(c4ccc(-c5cccc(-c6cccc7ccccc67)c5)cc4)c4ccc5c(c4)C(c4ccccc4)(c4ccccc4)c4ccccc4-5)c([2H])c3[2H])c([2H])c2[2H])c([2H])c1[2H]. The van der Waals surface area contributed by atoms with Gasteiger partial charge < -0.3 is 4.90 Å². The van der Waals surface area contributed by atoms with Gasteiger partial charge in [-0.1, -0.05) is 230 Å². The van der Waals surface area contributed by atoms with E-state index in [4.69, 9.17) is 9.60 Å². The van der Waals surface area contributed by atoms with Crippen LogP contribution in [0.1, 0.15) is 40.1 Å². The van der Waals surface area contributed by atoms with Crippen LogP contribution in [-0.2, 0) is 5.41 Å². The maximum atomic E-state index is 9.89. The largest absolute Gasteiger partial charge is 0.310 e. The number of nitrogens with zero attached hydrogens (tertiary/aromatic N) is 1. The van der Waals surface area contributed by atoms with E-state index < -0.39 is 106 Å². The second kappa shape index (κ2) is 16.6. The van der Waals surface area contributed by atoms with Crippen LogP contribution < -0.4 is 4.90 Å². The minimum Gasteiger partial charge on any atom is -0.310 e. The van der Waals surface area contributed by atoms with Crippen LogP contribution in [0.4, 0.5) is 17.1 Å². The van der Waals surface area contributed by atoms with Gasteiger partial charge in [0.1, 0.15) is 0 Å². The fraction of sp³-hybridized carbons (Fsp3) is 0.0154. The van der Waals surface area contributed by atoms with Crippen molar-refractivity contribution in [2.75, 3.05) is 4.90 Å². The maximum Gasteiger partial charge on any atom is 0.0714 e. The van der Waals surface area contributed by atoms with Crippen molar-refractivity contribution < 1.29 is 17.8 Å². The lowest BCUT2D eigenvalue weighted by molar-refractivity contribution is 0.768. The van der Waals surface area contributed by atoms with Crippen LogP contribution in [-0.4, -0.2) is 0 Å². The molecular weight excluding hydrogens is 795 g/mol. The zero-order chi connectivity index (χ0) is 55.2. The van der Waals surface area contributed by atoms with Crippen molar-refractivity contribution in [3.05, 3.63) is 295 Å². The molecule has 310 valence electrons. The highest BCUT2D eigenvalue weighted by Gasteiger charge is 2.46. The van der Waals surface area contributed by atoms with Crippen molar-refractivity contribution in [1.82, 2.24) is 0 Å². The van der Waals surface area contributed by atoms with Gasteiger partial charge in [-0.2, -0.15) is 0 Å². The van der Waals surface area contributed by atoms with E-state index in [0.717, 1.165) is 66.4 Å². The van der Waals surface area contributed by atoms with Gasteiger partial charge in [-0.3, -0.25) is 0 Å². The number of hydrogen-bond donors (Lipinski definition) is 0. The Bertz CT molecular complexity index is 4160. The third kappa shape index (κ3) is 6.73. The topological polar surface area (TPSA) is 3.24 Å². The normalized spacial score (nSPS) is 15.1. The first-order valence-electron chi connectivity index (χ1n) is 28.3. The molecule has 1 nitrogen and oxygen atoms in total. The highest BCUT2D eigenvalue weighted by atomic mass is 15.1. The highest BCUT2D eigenvalue weighted by molar-refractivity contribution is 5.97. The van der Waals surface area contributed by atoms with Crippen molar-refractivity contribution in [3.8, 4) is 55.6 Å². The molecule has 0 N–H and O–H groups in total. The van der Waals surface area contributed by atoms with Gasteiger partial charge in [0.05, 0.1) is 23.2 Å². The maximum absolute atomic E-state index is 9.89. The number of fused-ring (bicyclic) bond motifs is 4. The molecule has 0 aliphatic heterocycles. The number of hydrogen-bond acceptors (Lipinski definition) is 1. The van der Waals surface area contributed by atoms with Crippen LogP contribution in [0.25, 0.3) is 66.4 Å². The molecule has 66 heavy (non-hydrogen) atoms. The molecule has 11 aromatic rings. The Kier molecular flexibility index (Phi) is 6.93. The molecule has 1 heteroatoms. The quantitative estimate of drug-likeness (QED) is 0.140.